The van der Waals surface area contributed by atoms with Gasteiger partial charge in [-0.3, -0.25) is 4.57 Å². The van der Waals surface area contributed by atoms with Gasteiger partial charge in [-0.1, -0.05) is 27.2 Å². The topological polar surface area (TPSA) is 4.93 Å². The van der Waals surface area contributed by atoms with Crippen LogP contribution in [0.1, 0.15) is 26.3 Å². The molecule has 0 bridgehead atoms. The van der Waals surface area contributed by atoms with Crippen LogP contribution >= 0.6 is 0 Å². The van der Waals surface area contributed by atoms with E-state index in [1.807, 2.05) is 12.4 Å². The minimum atomic E-state index is 0.197. The van der Waals surface area contributed by atoms with Crippen molar-refractivity contribution in [3.63, 3.8) is 0 Å². The van der Waals surface area contributed by atoms with Crippen LogP contribution in [0, 0.1) is 12.5 Å². The Morgan fingerprint density at radius 1 is 1.45 bits per heavy atom. The minimum Gasteiger partial charge on any atom is -0.284 e. The summed E-state index contributed by atoms with van der Waals surface area (Å²) in [7, 11) is 0. The average Bonchev–Trinajstić information content (AvgIpc) is 2.32. The summed E-state index contributed by atoms with van der Waals surface area (Å²) in [4.78, 5) is 0. The molecule has 0 unspecified atom stereocenters. The van der Waals surface area contributed by atoms with E-state index in [-0.39, 0.29) is 5.41 Å². The van der Waals surface area contributed by atoms with E-state index < -0.39 is 0 Å². The molecule has 0 aromatic carbocycles. The molecule has 0 saturated heterocycles. The van der Waals surface area contributed by atoms with Crippen molar-refractivity contribution in [3.8, 4) is 12.5 Å². The molecular formula is C10H13N. The van der Waals surface area contributed by atoms with Gasteiger partial charge in [-0.05, 0) is 17.0 Å². The molecule has 0 fully saturated rings. The Labute approximate surface area is 68.0 Å². The molecule has 1 nitrogen and oxygen atoms in total. The summed E-state index contributed by atoms with van der Waals surface area (Å²) in [6.07, 6.45) is 9.11. The first-order valence-corrected chi connectivity index (χ1v) is 3.69. The summed E-state index contributed by atoms with van der Waals surface area (Å²) in [6.45, 7) is 6.51. The maximum Gasteiger partial charge on any atom is 0.0214 e. The number of nitrogens with zero attached hydrogens (tertiary/aromatic N) is 1. The minimum absolute atomic E-state index is 0.197. The van der Waals surface area contributed by atoms with Crippen LogP contribution in [0.3, 0.4) is 0 Å². The number of rotatable bonds is 0. The molecule has 58 valence electrons. The molecule has 0 N–H and O–H groups in total. The van der Waals surface area contributed by atoms with E-state index in [4.69, 9.17) is 6.42 Å². The smallest absolute Gasteiger partial charge is 0.0214 e. The molecule has 0 atom stereocenters. The molecule has 1 aromatic rings. The molecule has 0 spiro atoms. The van der Waals surface area contributed by atoms with E-state index in [1.165, 1.54) is 5.56 Å². The Bertz CT molecular complexity index is 281. The Hall–Kier alpha value is -1.16. The first-order chi connectivity index (χ1) is 5.04. The third-order valence-corrected chi connectivity index (χ3v) is 1.71. The van der Waals surface area contributed by atoms with Gasteiger partial charge in [0.25, 0.3) is 0 Å². The predicted molar refractivity (Wildman–Crippen MR) is 47.4 cm³/mol. The van der Waals surface area contributed by atoms with Crippen molar-refractivity contribution in [2.24, 2.45) is 0 Å². The third-order valence-electron chi connectivity index (χ3n) is 1.71. The lowest BCUT2D eigenvalue weighted by molar-refractivity contribution is 0.590. The van der Waals surface area contributed by atoms with E-state index in [0.29, 0.717) is 0 Å². The molecule has 0 aliphatic carbocycles. The first kappa shape index (κ1) is 7.94. The lowest BCUT2D eigenvalue weighted by atomic mass is 9.89. The van der Waals surface area contributed by atoms with Crippen LogP contribution in [-0.4, -0.2) is 4.57 Å². The van der Waals surface area contributed by atoms with Gasteiger partial charge in [-0.2, -0.15) is 0 Å². The standard InChI is InChI=1S/C10H13N/c1-5-11-7-6-9(8-11)10(2,3)4/h1,6-8H,2-4H3. The second-order valence-corrected chi connectivity index (χ2v) is 3.69. The zero-order valence-electron chi connectivity index (χ0n) is 7.26. The fourth-order valence-electron chi connectivity index (χ4n) is 0.920. The summed E-state index contributed by atoms with van der Waals surface area (Å²) in [6, 6.07) is 4.59. The fraction of sp³-hybridized carbons (Fsp3) is 0.400. The number of hydrogen-bond donors (Lipinski definition) is 0. The summed E-state index contributed by atoms with van der Waals surface area (Å²) in [5.41, 5.74) is 1.47. The maximum absolute atomic E-state index is 5.22. The molecule has 1 rings (SSSR count). The van der Waals surface area contributed by atoms with Crippen LogP contribution in [0.5, 0.6) is 0 Å². The lowest BCUT2D eigenvalue weighted by Gasteiger charge is -2.15. The quantitative estimate of drug-likeness (QED) is 0.496. The van der Waals surface area contributed by atoms with Crippen LogP contribution in [0.15, 0.2) is 18.5 Å². The number of aromatic nitrogens is 1. The van der Waals surface area contributed by atoms with Crippen molar-refractivity contribution in [2.45, 2.75) is 26.2 Å². The van der Waals surface area contributed by atoms with Crippen LogP contribution in [-0.2, 0) is 5.41 Å². The molecule has 1 aromatic heterocycles. The number of terminal acetylenes is 1. The SMILES string of the molecule is C#Cn1ccc(C(C)(C)C)c1. The Kier molecular flexibility index (Phi) is 1.78. The van der Waals surface area contributed by atoms with E-state index in [1.54, 1.807) is 4.57 Å². The van der Waals surface area contributed by atoms with E-state index >= 15 is 0 Å². The molecule has 0 aliphatic heterocycles. The summed E-state index contributed by atoms with van der Waals surface area (Å²) in [5, 5.41) is 0. The molecule has 1 heterocycles. The van der Waals surface area contributed by atoms with Crippen molar-refractivity contribution in [2.75, 3.05) is 0 Å². The van der Waals surface area contributed by atoms with Crippen LogP contribution < -0.4 is 0 Å². The highest BCUT2D eigenvalue weighted by molar-refractivity contribution is 5.21. The van der Waals surface area contributed by atoms with Crippen molar-refractivity contribution in [1.29, 1.82) is 0 Å². The largest absolute Gasteiger partial charge is 0.284 e. The van der Waals surface area contributed by atoms with Gasteiger partial charge in [0.1, 0.15) is 0 Å². The highest BCUT2D eigenvalue weighted by Crippen LogP contribution is 2.21. The molecule has 0 radical (unpaired) electrons. The monoisotopic (exact) mass is 147 g/mol. The van der Waals surface area contributed by atoms with Crippen LogP contribution in [0.4, 0.5) is 0 Å². The average molecular weight is 147 g/mol. The molecule has 1 heteroatoms. The Morgan fingerprint density at radius 2 is 2.09 bits per heavy atom. The van der Waals surface area contributed by atoms with Gasteiger partial charge >= 0.3 is 0 Å². The molecule has 0 saturated carbocycles. The predicted octanol–water partition coefficient (Wildman–Crippen LogP) is 2.22. The van der Waals surface area contributed by atoms with Gasteiger partial charge in [-0.15, -0.1) is 0 Å². The molecule has 0 amide bonds. The Balaban J connectivity index is 3.01. The van der Waals surface area contributed by atoms with Crippen molar-refractivity contribution < 1.29 is 0 Å². The lowest BCUT2D eigenvalue weighted by Crippen LogP contribution is -2.09. The van der Waals surface area contributed by atoms with Crippen LogP contribution in [0.25, 0.3) is 0 Å². The molecular weight excluding hydrogens is 134 g/mol. The maximum atomic E-state index is 5.22. The van der Waals surface area contributed by atoms with E-state index in [2.05, 4.69) is 32.9 Å². The first-order valence-electron chi connectivity index (χ1n) is 3.69. The summed E-state index contributed by atoms with van der Waals surface area (Å²) < 4.78 is 1.74. The van der Waals surface area contributed by atoms with Gasteiger partial charge in [0.15, 0.2) is 0 Å². The molecule has 11 heavy (non-hydrogen) atoms. The van der Waals surface area contributed by atoms with Gasteiger partial charge in [0.05, 0.1) is 0 Å². The van der Waals surface area contributed by atoms with Gasteiger partial charge in [0.2, 0.25) is 0 Å². The Morgan fingerprint density at radius 3 is 2.36 bits per heavy atom. The van der Waals surface area contributed by atoms with E-state index in [0.717, 1.165) is 0 Å². The second-order valence-electron chi connectivity index (χ2n) is 3.69. The van der Waals surface area contributed by atoms with Gasteiger partial charge in [0, 0.05) is 18.4 Å². The second kappa shape index (κ2) is 2.47. The van der Waals surface area contributed by atoms with Gasteiger partial charge in [-0.25, -0.2) is 0 Å². The van der Waals surface area contributed by atoms with Crippen molar-refractivity contribution >= 4 is 0 Å². The van der Waals surface area contributed by atoms with Crippen molar-refractivity contribution in [1.82, 2.24) is 4.57 Å². The van der Waals surface area contributed by atoms with Crippen LogP contribution in [0.2, 0.25) is 0 Å². The zero-order valence-corrected chi connectivity index (χ0v) is 7.26. The normalized spacial score (nSPS) is 11.1. The fourth-order valence-corrected chi connectivity index (χ4v) is 0.920. The summed E-state index contributed by atoms with van der Waals surface area (Å²) in [5.74, 6) is 0. The van der Waals surface area contributed by atoms with Gasteiger partial charge < -0.3 is 0 Å². The van der Waals surface area contributed by atoms with Crippen molar-refractivity contribution in [3.05, 3.63) is 24.0 Å². The van der Waals surface area contributed by atoms with E-state index in [9.17, 15) is 0 Å². The molecule has 0 aliphatic rings. The third kappa shape index (κ3) is 1.65. The highest BCUT2D eigenvalue weighted by Gasteiger charge is 2.13. The highest BCUT2D eigenvalue weighted by atomic mass is 14.9. The zero-order chi connectivity index (χ0) is 8.48. The number of hydrogen-bond acceptors (Lipinski definition) is 0. The summed E-state index contributed by atoms with van der Waals surface area (Å²) >= 11 is 0.